The molecule has 4 nitrogen and oxygen atoms in total. The Balaban J connectivity index is 2.02. The summed E-state index contributed by atoms with van der Waals surface area (Å²) in [6.07, 6.45) is 1.62. The minimum atomic E-state index is -0.560. The van der Waals surface area contributed by atoms with E-state index >= 15 is 0 Å². The van der Waals surface area contributed by atoms with E-state index in [0.29, 0.717) is 18.2 Å². The summed E-state index contributed by atoms with van der Waals surface area (Å²) in [5, 5.41) is 12.8. The molecule has 0 aromatic heterocycles. The molecular formula is C15H21NO3. The average molecular weight is 263 g/mol. The number of benzene rings is 1. The van der Waals surface area contributed by atoms with Gasteiger partial charge in [-0.15, -0.1) is 0 Å². The molecule has 1 fully saturated rings. The van der Waals surface area contributed by atoms with Gasteiger partial charge in [-0.1, -0.05) is 25.1 Å². The summed E-state index contributed by atoms with van der Waals surface area (Å²) in [6, 6.07) is 7.64. The zero-order chi connectivity index (χ0) is 13.8. The van der Waals surface area contributed by atoms with Crippen molar-refractivity contribution in [1.82, 2.24) is 5.32 Å². The quantitative estimate of drug-likeness (QED) is 0.827. The summed E-state index contributed by atoms with van der Waals surface area (Å²) < 4.78 is 5.69. The van der Waals surface area contributed by atoms with Crippen LogP contribution in [0.1, 0.15) is 44.8 Å². The smallest absolute Gasteiger partial charge is 0.260 e. The van der Waals surface area contributed by atoms with Gasteiger partial charge in [-0.25, -0.2) is 0 Å². The Bertz CT molecular complexity index is 443. The Kier molecular flexibility index (Phi) is 4.43. The molecule has 0 radical (unpaired) electrons. The van der Waals surface area contributed by atoms with Crippen molar-refractivity contribution in [2.24, 2.45) is 0 Å². The first-order valence-corrected chi connectivity index (χ1v) is 6.85. The van der Waals surface area contributed by atoms with E-state index in [1.165, 1.54) is 0 Å². The van der Waals surface area contributed by atoms with Crippen LogP contribution in [0.4, 0.5) is 0 Å². The molecule has 0 saturated heterocycles. The SMILES string of the molecule is CCC(O)c1ccccc1OC(C)C(=O)NC1CC1. The molecule has 19 heavy (non-hydrogen) atoms. The van der Waals surface area contributed by atoms with Gasteiger partial charge in [0.2, 0.25) is 0 Å². The third kappa shape index (κ3) is 3.70. The number of rotatable bonds is 6. The highest BCUT2D eigenvalue weighted by molar-refractivity contribution is 5.81. The van der Waals surface area contributed by atoms with Crippen LogP contribution in [0.2, 0.25) is 0 Å². The number of aliphatic hydroxyl groups is 1. The van der Waals surface area contributed by atoms with Gasteiger partial charge in [-0.2, -0.15) is 0 Å². The summed E-state index contributed by atoms with van der Waals surface area (Å²) in [7, 11) is 0. The largest absolute Gasteiger partial charge is 0.481 e. The molecule has 0 aliphatic heterocycles. The monoisotopic (exact) mass is 263 g/mol. The number of hydrogen-bond donors (Lipinski definition) is 2. The maximum Gasteiger partial charge on any atom is 0.260 e. The molecule has 2 unspecified atom stereocenters. The maximum absolute atomic E-state index is 11.8. The van der Waals surface area contributed by atoms with Gasteiger partial charge in [0.25, 0.3) is 5.91 Å². The summed E-state index contributed by atoms with van der Waals surface area (Å²) in [5.74, 6) is 0.485. The highest BCUT2D eigenvalue weighted by Crippen LogP contribution is 2.28. The van der Waals surface area contributed by atoms with Crippen LogP contribution >= 0.6 is 0 Å². The van der Waals surface area contributed by atoms with E-state index < -0.39 is 12.2 Å². The molecular weight excluding hydrogens is 242 g/mol. The molecule has 0 spiro atoms. The predicted molar refractivity (Wildman–Crippen MR) is 72.9 cm³/mol. The highest BCUT2D eigenvalue weighted by Gasteiger charge is 2.26. The van der Waals surface area contributed by atoms with Gasteiger partial charge in [0.1, 0.15) is 5.75 Å². The lowest BCUT2D eigenvalue weighted by Crippen LogP contribution is -2.37. The van der Waals surface area contributed by atoms with Gasteiger partial charge < -0.3 is 15.2 Å². The van der Waals surface area contributed by atoms with Crippen LogP contribution in [0.15, 0.2) is 24.3 Å². The normalized spacial score (nSPS) is 17.6. The lowest BCUT2D eigenvalue weighted by Gasteiger charge is -2.19. The van der Waals surface area contributed by atoms with Crippen molar-refractivity contribution >= 4 is 5.91 Å². The van der Waals surface area contributed by atoms with Crippen LogP contribution in [-0.2, 0) is 4.79 Å². The molecule has 1 aliphatic rings. The second kappa shape index (κ2) is 6.06. The number of para-hydroxylation sites is 1. The Morgan fingerprint density at radius 3 is 2.79 bits per heavy atom. The van der Waals surface area contributed by atoms with E-state index in [0.717, 1.165) is 18.4 Å². The molecule has 1 aromatic carbocycles. The van der Waals surface area contributed by atoms with Crippen LogP contribution in [0.25, 0.3) is 0 Å². The molecule has 0 heterocycles. The van der Waals surface area contributed by atoms with Crippen molar-refractivity contribution in [3.05, 3.63) is 29.8 Å². The Morgan fingerprint density at radius 2 is 2.16 bits per heavy atom. The van der Waals surface area contributed by atoms with Gasteiger partial charge >= 0.3 is 0 Å². The fourth-order valence-corrected chi connectivity index (χ4v) is 1.87. The number of carbonyl (C=O) groups excluding carboxylic acids is 1. The van der Waals surface area contributed by atoms with Crippen molar-refractivity contribution in [3.8, 4) is 5.75 Å². The van der Waals surface area contributed by atoms with Crippen molar-refractivity contribution in [2.75, 3.05) is 0 Å². The fraction of sp³-hybridized carbons (Fsp3) is 0.533. The van der Waals surface area contributed by atoms with Crippen molar-refractivity contribution in [1.29, 1.82) is 0 Å². The lowest BCUT2D eigenvalue weighted by molar-refractivity contribution is -0.127. The van der Waals surface area contributed by atoms with Gasteiger partial charge in [0.05, 0.1) is 6.10 Å². The molecule has 4 heteroatoms. The summed E-state index contributed by atoms with van der Waals surface area (Å²) in [4.78, 5) is 11.8. The van der Waals surface area contributed by atoms with E-state index in [1.54, 1.807) is 13.0 Å². The van der Waals surface area contributed by atoms with Crippen molar-refractivity contribution < 1.29 is 14.6 Å². The third-order valence-corrected chi connectivity index (χ3v) is 3.26. The number of hydrogen-bond acceptors (Lipinski definition) is 3. The predicted octanol–water partition coefficient (Wildman–Crippen LogP) is 2.18. The van der Waals surface area contributed by atoms with E-state index in [4.69, 9.17) is 4.74 Å². The number of nitrogens with one attached hydrogen (secondary N) is 1. The second-order valence-electron chi connectivity index (χ2n) is 5.00. The molecule has 2 atom stereocenters. The van der Waals surface area contributed by atoms with Gasteiger partial charge in [-0.3, -0.25) is 4.79 Å². The lowest BCUT2D eigenvalue weighted by atomic mass is 10.1. The van der Waals surface area contributed by atoms with Gasteiger partial charge in [0.15, 0.2) is 6.10 Å². The maximum atomic E-state index is 11.8. The molecule has 1 saturated carbocycles. The number of aliphatic hydroxyl groups excluding tert-OH is 1. The van der Waals surface area contributed by atoms with Gasteiger partial charge in [-0.05, 0) is 32.3 Å². The zero-order valence-corrected chi connectivity index (χ0v) is 11.4. The van der Waals surface area contributed by atoms with E-state index in [2.05, 4.69) is 5.32 Å². The topological polar surface area (TPSA) is 58.6 Å². The van der Waals surface area contributed by atoms with Crippen LogP contribution in [0.5, 0.6) is 5.75 Å². The number of carbonyl (C=O) groups is 1. The van der Waals surface area contributed by atoms with E-state index in [9.17, 15) is 9.90 Å². The molecule has 0 bridgehead atoms. The Hall–Kier alpha value is -1.55. The van der Waals surface area contributed by atoms with Crippen LogP contribution in [0, 0.1) is 0 Å². The first kappa shape index (κ1) is 13.9. The highest BCUT2D eigenvalue weighted by atomic mass is 16.5. The first-order valence-electron chi connectivity index (χ1n) is 6.85. The number of ether oxygens (including phenoxy) is 1. The second-order valence-corrected chi connectivity index (χ2v) is 5.00. The summed E-state index contributed by atoms with van der Waals surface area (Å²) in [6.45, 7) is 3.64. The van der Waals surface area contributed by atoms with Crippen LogP contribution < -0.4 is 10.1 Å². The average Bonchev–Trinajstić information content (AvgIpc) is 3.22. The van der Waals surface area contributed by atoms with Crippen LogP contribution in [-0.4, -0.2) is 23.2 Å². The molecule has 2 rings (SSSR count). The number of amides is 1. The zero-order valence-electron chi connectivity index (χ0n) is 11.4. The fourth-order valence-electron chi connectivity index (χ4n) is 1.87. The van der Waals surface area contributed by atoms with E-state index in [-0.39, 0.29) is 5.91 Å². The minimum Gasteiger partial charge on any atom is -0.481 e. The third-order valence-electron chi connectivity index (χ3n) is 3.26. The van der Waals surface area contributed by atoms with Crippen molar-refractivity contribution in [3.63, 3.8) is 0 Å². The molecule has 1 amide bonds. The summed E-state index contributed by atoms with van der Waals surface area (Å²) in [5.41, 5.74) is 0.732. The standard InChI is InChI=1S/C15H21NO3/c1-3-13(17)12-6-4-5-7-14(12)19-10(2)15(18)16-11-8-9-11/h4-7,10-11,13,17H,3,8-9H2,1-2H3,(H,16,18). The minimum absolute atomic E-state index is 0.0942. The van der Waals surface area contributed by atoms with Crippen molar-refractivity contribution in [2.45, 2.75) is 51.4 Å². The Morgan fingerprint density at radius 1 is 1.47 bits per heavy atom. The van der Waals surface area contributed by atoms with E-state index in [1.807, 2.05) is 25.1 Å². The Labute approximate surface area is 113 Å². The molecule has 1 aliphatic carbocycles. The van der Waals surface area contributed by atoms with Gasteiger partial charge in [0, 0.05) is 11.6 Å². The van der Waals surface area contributed by atoms with Crippen LogP contribution in [0.3, 0.4) is 0 Å². The molecule has 1 aromatic rings. The first-order chi connectivity index (χ1) is 9.11. The summed E-state index contributed by atoms with van der Waals surface area (Å²) >= 11 is 0. The molecule has 2 N–H and O–H groups in total. The molecule has 104 valence electrons.